The second kappa shape index (κ2) is 16.5. The van der Waals surface area contributed by atoms with Gasteiger partial charge in [-0.15, -0.1) is 5.11 Å². The first-order valence-electron chi connectivity index (χ1n) is 14.9. The molecule has 4 aromatic carbocycles. The molecule has 0 saturated carbocycles. The zero-order valence-corrected chi connectivity index (χ0v) is 25.7. The number of carbonyl (C=O) groups is 3. The number of unbranched alkanes of at least 4 members (excludes halogenated alkanes) is 2. The van der Waals surface area contributed by atoms with Gasteiger partial charge in [-0.2, -0.15) is 5.11 Å². The molecule has 0 aliphatic rings. The Morgan fingerprint density at radius 1 is 0.578 bits per heavy atom. The van der Waals surface area contributed by atoms with Crippen LogP contribution in [0.15, 0.2) is 101 Å². The van der Waals surface area contributed by atoms with E-state index in [0.717, 1.165) is 25.7 Å². The Morgan fingerprint density at radius 3 is 1.58 bits per heavy atom. The Kier molecular flexibility index (Phi) is 12.0. The molecule has 4 aromatic rings. The third-order valence-corrected chi connectivity index (χ3v) is 6.60. The maximum Gasteiger partial charge on any atom is 0.343 e. The molecule has 0 spiro atoms. The number of benzene rings is 4. The van der Waals surface area contributed by atoms with Crippen molar-refractivity contribution >= 4 is 29.1 Å². The maximum atomic E-state index is 13.1. The quantitative estimate of drug-likeness (QED) is 0.0435. The molecule has 0 fully saturated rings. The summed E-state index contributed by atoms with van der Waals surface area (Å²) < 4.78 is 22.6. The van der Waals surface area contributed by atoms with E-state index in [4.69, 9.17) is 18.9 Å². The predicted molar refractivity (Wildman–Crippen MR) is 171 cm³/mol. The van der Waals surface area contributed by atoms with Gasteiger partial charge < -0.3 is 18.9 Å². The van der Waals surface area contributed by atoms with Gasteiger partial charge in [-0.05, 0) is 105 Å². The Hall–Kier alpha value is -5.31. The molecule has 0 aliphatic carbocycles. The van der Waals surface area contributed by atoms with Crippen molar-refractivity contribution in [2.24, 2.45) is 10.2 Å². The Morgan fingerprint density at radius 2 is 1.07 bits per heavy atom. The molecule has 9 nitrogen and oxygen atoms in total. The van der Waals surface area contributed by atoms with Gasteiger partial charge in [0, 0.05) is 11.6 Å². The average molecular weight is 609 g/mol. The number of hydrogen-bond acceptors (Lipinski definition) is 9. The van der Waals surface area contributed by atoms with Gasteiger partial charge in [-0.3, -0.25) is 4.79 Å². The van der Waals surface area contributed by atoms with Crippen LogP contribution in [-0.4, -0.2) is 30.9 Å². The van der Waals surface area contributed by atoms with E-state index in [2.05, 4.69) is 24.1 Å². The van der Waals surface area contributed by atoms with Gasteiger partial charge in [0.1, 0.15) is 22.9 Å². The van der Waals surface area contributed by atoms with E-state index in [1.807, 2.05) is 0 Å². The fraction of sp³-hybridized carbons (Fsp3) is 0.250. The van der Waals surface area contributed by atoms with Gasteiger partial charge in [-0.1, -0.05) is 26.7 Å². The zero-order chi connectivity index (χ0) is 32.0. The number of esters is 2. The van der Waals surface area contributed by atoms with Crippen LogP contribution in [0.1, 0.15) is 77.5 Å². The first kappa shape index (κ1) is 32.6. The van der Waals surface area contributed by atoms with E-state index in [0.29, 0.717) is 47.1 Å². The molecule has 0 atom stereocenters. The fourth-order valence-corrected chi connectivity index (χ4v) is 3.96. The van der Waals surface area contributed by atoms with Crippen LogP contribution in [0, 0.1) is 0 Å². The second-order valence-corrected chi connectivity index (χ2v) is 10.2. The Balaban J connectivity index is 1.53. The summed E-state index contributed by atoms with van der Waals surface area (Å²) in [5, 5.41) is 8.48. The van der Waals surface area contributed by atoms with Crippen molar-refractivity contribution in [2.75, 3.05) is 13.2 Å². The standard InChI is InChI=1S/C36H36N2O7/c1-4-6-22-42-30-16-10-27(11-17-30)35(40)44-32-20-21-33(38-37-29-14-8-26(9-15-29)25(3)39)34(24-32)45-36(41)28-12-18-31(19-13-28)43-23-7-5-2/h8-21,24H,4-7,22-23H2,1-3H3. The molecule has 0 aliphatic heterocycles. The zero-order valence-electron chi connectivity index (χ0n) is 25.7. The molecule has 0 unspecified atom stereocenters. The van der Waals surface area contributed by atoms with E-state index >= 15 is 0 Å². The highest BCUT2D eigenvalue weighted by Crippen LogP contribution is 2.34. The summed E-state index contributed by atoms with van der Waals surface area (Å²) in [6, 6.07) is 24.4. The molecule has 45 heavy (non-hydrogen) atoms. The van der Waals surface area contributed by atoms with E-state index < -0.39 is 11.9 Å². The summed E-state index contributed by atoms with van der Waals surface area (Å²) in [6.45, 7) is 6.84. The summed E-state index contributed by atoms with van der Waals surface area (Å²) in [5.41, 5.74) is 1.90. The number of ether oxygens (including phenoxy) is 4. The van der Waals surface area contributed by atoms with Gasteiger partial charge in [0.15, 0.2) is 11.5 Å². The molecule has 0 N–H and O–H groups in total. The van der Waals surface area contributed by atoms with E-state index in [1.54, 1.807) is 72.8 Å². The number of rotatable bonds is 15. The minimum atomic E-state index is -0.639. The number of ketones is 1. The van der Waals surface area contributed by atoms with E-state index in [-0.39, 0.29) is 23.0 Å². The summed E-state index contributed by atoms with van der Waals surface area (Å²) in [5.74, 6) is 0.216. The van der Waals surface area contributed by atoms with Crippen molar-refractivity contribution in [2.45, 2.75) is 46.5 Å². The summed E-state index contributed by atoms with van der Waals surface area (Å²) in [7, 11) is 0. The van der Waals surface area contributed by atoms with Gasteiger partial charge in [-0.25, -0.2) is 9.59 Å². The minimum Gasteiger partial charge on any atom is -0.494 e. The van der Waals surface area contributed by atoms with Crippen LogP contribution in [-0.2, 0) is 0 Å². The van der Waals surface area contributed by atoms with Crippen LogP contribution in [0.2, 0.25) is 0 Å². The van der Waals surface area contributed by atoms with Crippen LogP contribution < -0.4 is 18.9 Å². The molecule has 0 aromatic heterocycles. The van der Waals surface area contributed by atoms with Gasteiger partial charge in [0.05, 0.1) is 30.0 Å². The molecule has 0 heterocycles. The highest BCUT2D eigenvalue weighted by atomic mass is 16.5. The lowest BCUT2D eigenvalue weighted by Crippen LogP contribution is -2.10. The Bertz CT molecular complexity index is 1610. The van der Waals surface area contributed by atoms with Crippen molar-refractivity contribution in [3.63, 3.8) is 0 Å². The first-order chi connectivity index (χ1) is 21.9. The minimum absolute atomic E-state index is 0.0392. The number of nitrogens with zero attached hydrogens (tertiary/aromatic N) is 2. The third kappa shape index (κ3) is 9.86. The van der Waals surface area contributed by atoms with Crippen molar-refractivity contribution in [1.82, 2.24) is 0 Å². The lowest BCUT2D eigenvalue weighted by Gasteiger charge is -2.11. The van der Waals surface area contributed by atoms with E-state index in [1.165, 1.54) is 25.1 Å². The highest BCUT2D eigenvalue weighted by Gasteiger charge is 2.16. The second-order valence-electron chi connectivity index (χ2n) is 10.2. The number of azo groups is 1. The molecule has 4 rings (SSSR count). The molecule has 0 bridgehead atoms. The molecule has 0 saturated heterocycles. The number of hydrogen-bond donors (Lipinski definition) is 0. The van der Waals surface area contributed by atoms with Crippen LogP contribution in [0.3, 0.4) is 0 Å². The van der Waals surface area contributed by atoms with Crippen molar-refractivity contribution < 1.29 is 33.3 Å². The summed E-state index contributed by atoms with van der Waals surface area (Å²) >= 11 is 0. The molecule has 0 amide bonds. The topological polar surface area (TPSA) is 113 Å². The number of Topliss-reactive ketones (excluding diaryl/α,β-unsaturated/α-hetero) is 1. The van der Waals surface area contributed by atoms with Crippen molar-refractivity contribution in [1.29, 1.82) is 0 Å². The van der Waals surface area contributed by atoms with Crippen LogP contribution in [0.5, 0.6) is 23.0 Å². The van der Waals surface area contributed by atoms with Crippen molar-refractivity contribution in [3.8, 4) is 23.0 Å². The van der Waals surface area contributed by atoms with Gasteiger partial charge >= 0.3 is 11.9 Å². The van der Waals surface area contributed by atoms with Crippen LogP contribution in [0.25, 0.3) is 0 Å². The monoisotopic (exact) mass is 608 g/mol. The number of carbonyl (C=O) groups excluding carboxylic acids is 3. The maximum absolute atomic E-state index is 13.1. The first-order valence-corrected chi connectivity index (χ1v) is 14.9. The van der Waals surface area contributed by atoms with Gasteiger partial charge in [0.25, 0.3) is 0 Å². The summed E-state index contributed by atoms with van der Waals surface area (Å²) in [4.78, 5) is 37.6. The highest BCUT2D eigenvalue weighted by molar-refractivity contribution is 5.94. The largest absolute Gasteiger partial charge is 0.494 e. The van der Waals surface area contributed by atoms with E-state index in [9.17, 15) is 14.4 Å². The molecule has 0 radical (unpaired) electrons. The van der Waals surface area contributed by atoms with Crippen LogP contribution in [0.4, 0.5) is 11.4 Å². The van der Waals surface area contributed by atoms with Crippen molar-refractivity contribution in [3.05, 3.63) is 108 Å². The fourth-order valence-electron chi connectivity index (χ4n) is 3.96. The normalized spacial score (nSPS) is 10.8. The molecule has 9 heteroatoms. The molecular formula is C36H36N2O7. The lowest BCUT2D eigenvalue weighted by atomic mass is 10.1. The SMILES string of the molecule is CCCCOc1ccc(C(=O)Oc2ccc(N=Nc3ccc(C(C)=O)cc3)c(OC(=O)c3ccc(OCCCC)cc3)c2)cc1. The van der Waals surface area contributed by atoms with Gasteiger partial charge in [0.2, 0.25) is 0 Å². The lowest BCUT2D eigenvalue weighted by molar-refractivity contribution is 0.0732. The predicted octanol–water partition coefficient (Wildman–Crippen LogP) is 9.10. The summed E-state index contributed by atoms with van der Waals surface area (Å²) in [6.07, 6.45) is 3.91. The smallest absolute Gasteiger partial charge is 0.343 e. The molecular weight excluding hydrogens is 572 g/mol. The Labute approximate surface area is 262 Å². The third-order valence-electron chi connectivity index (χ3n) is 6.60. The molecule has 232 valence electrons. The average Bonchev–Trinajstić information content (AvgIpc) is 3.05. The van der Waals surface area contributed by atoms with Crippen LogP contribution >= 0.6 is 0 Å².